The summed E-state index contributed by atoms with van der Waals surface area (Å²) in [5.41, 5.74) is 5.02. The van der Waals surface area contributed by atoms with Gasteiger partial charge in [-0.3, -0.25) is 9.59 Å². The summed E-state index contributed by atoms with van der Waals surface area (Å²) in [7, 11) is 0. The molecule has 0 radical (unpaired) electrons. The van der Waals surface area contributed by atoms with Gasteiger partial charge in [-0.05, 0) is 6.42 Å². The average molecular weight is 231 g/mol. The number of nitrogens with one attached hydrogen (secondary N) is 2. The van der Waals surface area contributed by atoms with Crippen LogP contribution in [0.5, 0.6) is 0 Å². The Kier molecular flexibility index (Phi) is 6.86. The lowest BCUT2D eigenvalue weighted by molar-refractivity contribution is -0.141. The first-order chi connectivity index (χ1) is 7.51. The first-order valence-corrected chi connectivity index (χ1v) is 5.00. The van der Waals surface area contributed by atoms with Gasteiger partial charge in [0.15, 0.2) is 0 Å². The summed E-state index contributed by atoms with van der Waals surface area (Å²) in [6, 6.07) is -0.910. The summed E-state index contributed by atoms with van der Waals surface area (Å²) in [5.74, 6) is -2.08. The zero-order valence-electron chi connectivity index (χ0n) is 9.16. The van der Waals surface area contributed by atoms with Gasteiger partial charge in [0.25, 0.3) is 0 Å². The molecule has 0 aliphatic heterocycles. The third-order valence-corrected chi connectivity index (χ3v) is 1.84. The van der Waals surface area contributed by atoms with E-state index in [0.29, 0.717) is 12.8 Å². The normalized spacial score (nSPS) is 11.6. The van der Waals surface area contributed by atoms with Crippen molar-refractivity contribution in [3.05, 3.63) is 0 Å². The van der Waals surface area contributed by atoms with Crippen LogP contribution in [0.15, 0.2) is 0 Å². The van der Waals surface area contributed by atoms with Crippen molar-refractivity contribution in [3.8, 4) is 0 Å². The number of aliphatic carboxylic acids is 1. The van der Waals surface area contributed by atoms with Gasteiger partial charge in [0.2, 0.25) is 11.8 Å². The fraction of sp³-hybridized carbons (Fsp3) is 0.667. The fourth-order valence-electron chi connectivity index (χ4n) is 1.04. The molecule has 7 nitrogen and oxygen atoms in total. The van der Waals surface area contributed by atoms with Gasteiger partial charge >= 0.3 is 5.97 Å². The molecule has 2 amide bonds. The predicted octanol–water partition coefficient (Wildman–Crippen LogP) is -1.57. The lowest BCUT2D eigenvalue weighted by atomic mass is 10.1. The minimum atomic E-state index is -1.08. The van der Waals surface area contributed by atoms with Crippen LogP contribution in [-0.2, 0) is 14.4 Å². The second kappa shape index (κ2) is 7.63. The van der Waals surface area contributed by atoms with Gasteiger partial charge in [-0.1, -0.05) is 13.3 Å². The minimum Gasteiger partial charge on any atom is -0.480 e. The molecule has 92 valence electrons. The molecule has 7 heteroatoms. The molecule has 0 heterocycles. The van der Waals surface area contributed by atoms with E-state index >= 15 is 0 Å². The maximum atomic E-state index is 11.2. The largest absolute Gasteiger partial charge is 0.480 e. The Morgan fingerprint density at radius 2 is 1.94 bits per heavy atom. The van der Waals surface area contributed by atoms with Crippen molar-refractivity contribution in [2.75, 3.05) is 13.1 Å². The molecule has 0 aromatic rings. The molecule has 0 fully saturated rings. The fourth-order valence-corrected chi connectivity index (χ4v) is 1.04. The van der Waals surface area contributed by atoms with Gasteiger partial charge < -0.3 is 21.5 Å². The Morgan fingerprint density at radius 3 is 2.38 bits per heavy atom. The smallest absolute Gasteiger partial charge is 0.326 e. The molecule has 1 atom stereocenters. The van der Waals surface area contributed by atoms with Crippen LogP contribution < -0.4 is 16.4 Å². The molecule has 1 unspecified atom stereocenters. The Morgan fingerprint density at radius 1 is 1.31 bits per heavy atom. The number of rotatable bonds is 7. The Bertz CT molecular complexity index is 267. The summed E-state index contributed by atoms with van der Waals surface area (Å²) in [6.07, 6.45) is 0.998. The van der Waals surface area contributed by atoms with Gasteiger partial charge in [-0.25, -0.2) is 4.79 Å². The quantitative estimate of drug-likeness (QED) is 0.422. The summed E-state index contributed by atoms with van der Waals surface area (Å²) in [6.45, 7) is 1.35. The van der Waals surface area contributed by atoms with E-state index in [9.17, 15) is 14.4 Å². The summed E-state index contributed by atoms with van der Waals surface area (Å²) >= 11 is 0. The second-order valence-corrected chi connectivity index (χ2v) is 3.23. The number of carboxylic acid groups (broad SMARTS) is 1. The van der Waals surface area contributed by atoms with Crippen molar-refractivity contribution in [2.45, 2.75) is 25.8 Å². The van der Waals surface area contributed by atoms with Crippen LogP contribution in [0.2, 0.25) is 0 Å². The third-order valence-electron chi connectivity index (χ3n) is 1.84. The Hall–Kier alpha value is -1.63. The molecule has 0 spiro atoms. The monoisotopic (exact) mass is 231 g/mol. The molecule has 0 aliphatic carbocycles. The maximum Gasteiger partial charge on any atom is 0.326 e. The van der Waals surface area contributed by atoms with Crippen LogP contribution in [0.1, 0.15) is 19.8 Å². The number of carbonyl (C=O) groups is 3. The van der Waals surface area contributed by atoms with Crippen molar-refractivity contribution in [1.29, 1.82) is 0 Å². The van der Waals surface area contributed by atoms with E-state index in [1.165, 1.54) is 0 Å². The summed E-state index contributed by atoms with van der Waals surface area (Å²) in [4.78, 5) is 32.6. The topological polar surface area (TPSA) is 122 Å². The number of nitrogens with two attached hydrogens (primary N) is 1. The van der Waals surface area contributed by atoms with E-state index in [1.54, 1.807) is 0 Å². The molecule has 0 saturated heterocycles. The zero-order chi connectivity index (χ0) is 12.6. The number of carbonyl (C=O) groups excluding carboxylic acids is 2. The second-order valence-electron chi connectivity index (χ2n) is 3.23. The van der Waals surface area contributed by atoms with Crippen LogP contribution in [-0.4, -0.2) is 42.0 Å². The molecule has 5 N–H and O–H groups in total. The van der Waals surface area contributed by atoms with Crippen LogP contribution in [0, 0.1) is 0 Å². The molecule has 0 saturated carbocycles. The number of carboxylic acids is 1. The SMILES string of the molecule is CCCC(NC(=O)CNC(=O)CN)C(=O)O. The zero-order valence-corrected chi connectivity index (χ0v) is 9.16. The van der Waals surface area contributed by atoms with Crippen LogP contribution in [0.4, 0.5) is 0 Å². The van der Waals surface area contributed by atoms with E-state index in [1.807, 2.05) is 6.92 Å². The van der Waals surface area contributed by atoms with Gasteiger partial charge in [-0.15, -0.1) is 0 Å². The third kappa shape index (κ3) is 5.97. The maximum absolute atomic E-state index is 11.2. The van der Waals surface area contributed by atoms with Crippen molar-refractivity contribution in [1.82, 2.24) is 10.6 Å². The molecule has 0 aliphatic rings. The van der Waals surface area contributed by atoms with E-state index in [2.05, 4.69) is 10.6 Å². The van der Waals surface area contributed by atoms with Crippen LogP contribution >= 0.6 is 0 Å². The molecule has 16 heavy (non-hydrogen) atoms. The van der Waals surface area contributed by atoms with Gasteiger partial charge in [0, 0.05) is 0 Å². The lowest BCUT2D eigenvalue weighted by Gasteiger charge is -2.13. The minimum absolute atomic E-state index is 0.204. The van der Waals surface area contributed by atoms with E-state index in [-0.39, 0.29) is 13.1 Å². The molecular weight excluding hydrogens is 214 g/mol. The highest BCUT2D eigenvalue weighted by Gasteiger charge is 2.18. The molecule has 0 aromatic heterocycles. The highest BCUT2D eigenvalue weighted by molar-refractivity contribution is 5.88. The highest BCUT2D eigenvalue weighted by Crippen LogP contribution is 1.96. The Balaban J connectivity index is 4.00. The summed E-state index contributed by atoms with van der Waals surface area (Å²) < 4.78 is 0. The standard InChI is InChI=1S/C9H17N3O4/c1-2-3-6(9(15)16)12-8(14)5-11-7(13)4-10/h6H,2-5,10H2,1H3,(H,11,13)(H,12,14)(H,15,16). The number of hydrogen-bond donors (Lipinski definition) is 4. The predicted molar refractivity (Wildman–Crippen MR) is 56.5 cm³/mol. The van der Waals surface area contributed by atoms with Crippen molar-refractivity contribution in [2.24, 2.45) is 5.73 Å². The highest BCUT2D eigenvalue weighted by atomic mass is 16.4. The average Bonchev–Trinajstić information content (AvgIpc) is 2.25. The first-order valence-electron chi connectivity index (χ1n) is 5.00. The van der Waals surface area contributed by atoms with E-state index < -0.39 is 23.8 Å². The summed E-state index contributed by atoms with van der Waals surface area (Å²) in [5, 5.41) is 13.3. The molecule has 0 rings (SSSR count). The Labute approximate surface area is 93.4 Å². The number of hydrogen-bond acceptors (Lipinski definition) is 4. The van der Waals surface area contributed by atoms with Crippen LogP contribution in [0.3, 0.4) is 0 Å². The van der Waals surface area contributed by atoms with Crippen molar-refractivity contribution in [3.63, 3.8) is 0 Å². The van der Waals surface area contributed by atoms with Gasteiger partial charge in [-0.2, -0.15) is 0 Å². The first kappa shape index (κ1) is 14.4. The van der Waals surface area contributed by atoms with E-state index in [4.69, 9.17) is 10.8 Å². The molecule has 0 bridgehead atoms. The lowest BCUT2D eigenvalue weighted by Crippen LogP contribution is -2.46. The van der Waals surface area contributed by atoms with Crippen molar-refractivity contribution < 1.29 is 19.5 Å². The van der Waals surface area contributed by atoms with Gasteiger partial charge in [0.05, 0.1) is 13.1 Å². The number of amides is 2. The van der Waals surface area contributed by atoms with Gasteiger partial charge in [0.1, 0.15) is 6.04 Å². The van der Waals surface area contributed by atoms with Crippen molar-refractivity contribution >= 4 is 17.8 Å². The molecule has 0 aromatic carbocycles. The van der Waals surface area contributed by atoms with E-state index in [0.717, 1.165) is 0 Å². The van der Waals surface area contributed by atoms with Crippen LogP contribution in [0.25, 0.3) is 0 Å². The molecular formula is C9H17N3O4.